The van der Waals surface area contributed by atoms with Crippen molar-refractivity contribution in [3.63, 3.8) is 0 Å². The molecular formula is C5H8N2O3S. The van der Waals surface area contributed by atoms with E-state index < -0.39 is 10.3 Å². The van der Waals surface area contributed by atoms with Crippen LogP contribution >= 0.6 is 0 Å². The molecule has 1 fully saturated rings. The summed E-state index contributed by atoms with van der Waals surface area (Å²) in [5.41, 5.74) is 0. The summed E-state index contributed by atoms with van der Waals surface area (Å²) >= 11 is 0. The summed E-state index contributed by atoms with van der Waals surface area (Å²) in [4.78, 5) is 12.3. The summed E-state index contributed by atoms with van der Waals surface area (Å²) in [6.07, 6.45) is 0. The highest BCUT2D eigenvalue weighted by Crippen LogP contribution is 1.96. The van der Waals surface area contributed by atoms with Crippen molar-refractivity contribution in [3.8, 4) is 0 Å². The molecule has 0 aromatic carbocycles. The molecular weight excluding hydrogens is 168 g/mol. The fraction of sp³-hybridized carbons (Fsp3) is 0.600. The summed E-state index contributed by atoms with van der Waals surface area (Å²) in [7, 11) is -2.29. The lowest BCUT2D eigenvalue weighted by atomic mass is 10.6. The van der Waals surface area contributed by atoms with Crippen molar-refractivity contribution in [2.75, 3.05) is 13.1 Å². The van der Waals surface area contributed by atoms with E-state index in [2.05, 4.69) is 5.32 Å². The van der Waals surface area contributed by atoms with E-state index in [-0.39, 0.29) is 17.6 Å². The van der Waals surface area contributed by atoms with Gasteiger partial charge in [-0.25, -0.2) is 4.79 Å². The van der Waals surface area contributed by atoms with Crippen LogP contribution in [0.2, 0.25) is 0 Å². The second-order valence-electron chi connectivity index (χ2n) is 2.10. The molecule has 1 aliphatic heterocycles. The van der Waals surface area contributed by atoms with Crippen LogP contribution in [0.25, 0.3) is 0 Å². The molecule has 1 aliphatic rings. The van der Waals surface area contributed by atoms with Gasteiger partial charge in [0.05, 0.1) is 6.54 Å². The van der Waals surface area contributed by atoms with E-state index in [1.165, 1.54) is 4.90 Å². The molecule has 1 saturated heterocycles. The zero-order valence-electron chi connectivity index (χ0n) is 5.99. The Kier molecular flexibility index (Phi) is 2.13. The predicted molar refractivity (Wildman–Crippen MR) is 39.7 cm³/mol. The molecule has 5 nitrogen and oxygen atoms in total. The molecule has 1 rings (SSSR count). The molecule has 0 unspecified atom stereocenters. The van der Waals surface area contributed by atoms with Gasteiger partial charge in [-0.1, -0.05) is 0 Å². The van der Waals surface area contributed by atoms with Crippen LogP contribution in [-0.2, 0) is 10.3 Å². The first-order valence-electron chi connectivity index (χ1n) is 3.16. The van der Waals surface area contributed by atoms with Crippen molar-refractivity contribution < 1.29 is 13.2 Å². The molecule has 0 spiro atoms. The van der Waals surface area contributed by atoms with E-state index in [0.29, 0.717) is 6.54 Å². The topological polar surface area (TPSA) is 66.5 Å². The minimum Gasteiger partial charge on any atom is -0.318 e. The summed E-state index contributed by atoms with van der Waals surface area (Å²) in [5.74, 6) is 0. The Labute approximate surface area is 65.5 Å². The van der Waals surface area contributed by atoms with Crippen LogP contribution < -0.4 is 5.32 Å². The van der Waals surface area contributed by atoms with Crippen LogP contribution in [0.1, 0.15) is 6.92 Å². The standard InChI is InChI=1S/C5H8N2O3S/c1-2-7-3-4(11(9)10)6-5(7)8/h2-3H2,1H3,(H,6,8). The lowest BCUT2D eigenvalue weighted by Crippen LogP contribution is -2.27. The zero-order valence-corrected chi connectivity index (χ0v) is 6.81. The third-order valence-electron chi connectivity index (χ3n) is 1.45. The number of nitrogens with one attached hydrogen (secondary N) is 1. The maximum Gasteiger partial charge on any atom is 0.322 e. The predicted octanol–water partition coefficient (Wildman–Crippen LogP) is -0.960. The van der Waals surface area contributed by atoms with Gasteiger partial charge in [0.15, 0.2) is 4.99 Å². The van der Waals surface area contributed by atoms with Crippen molar-refractivity contribution in [2.45, 2.75) is 6.92 Å². The van der Waals surface area contributed by atoms with Crippen molar-refractivity contribution in [3.05, 3.63) is 0 Å². The number of nitrogens with zero attached hydrogens (tertiary/aromatic N) is 1. The molecule has 6 heteroatoms. The van der Waals surface area contributed by atoms with E-state index >= 15 is 0 Å². The average molecular weight is 176 g/mol. The molecule has 1 heterocycles. The summed E-state index contributed by atoms with van der Waals surface area (Å²) in [5, 5.41) is 2.25. The largest absolute Gasteiger partial charge is 0.322 e. The second kappa shape index (κ2) is 2.91. The SMILES string of the molecule is CCN1CC(=S(=O)=O)NC1=O. The summed E-state index contributed by atoms with van der Waals surface area (Å²) < 4.78 is 20.7. The summed E-state index contributed by atoms with van der Waals surface area (Å²) in [6.45, 7) is 2.48. The third-order valence-corrected chi connectivity index (χ3v) is 2.08. The lowest BCUT2D eigenvalue weighted by molar-refractivity contribution is 0.219. The van der Waals surface area contributed by atoms with E-state index in [0.717, 1.165) is 0 Å². The Morgan fingerprint density at radius 2 is 2.27 bits per heavy atom. The maximum absolute atomic E-state index is 10.8. The highest BCUT2D eigenvalue weighted by Gasteiger charge is 2.24. The monoisotopic (exact) mass is 176 g/mol. The molecule has 62 valence electrons. The molecule has 0 aromatic heterocycles. The molecule has 0 aliphatic carbocycles. The van der Waals surface area contributed by atoms with Crippen LogP contribution in [-0.4, -0.2) is 37.4 Å². The van der Waals surface area contributed by atoms with Gasteiger partial charge in [0, 0.05) is 6.54 Å². The molecule has 0 bridgehead atoms. The molecule has 11 heavy (non-hydrogen) atoms. The zero-order chi connectivity index (χ0) is 8.43. The number of carbonyl (C=O) groups is 1. The smallest absolute Gasteiger partial charge is 0.318 e. The van der Waals surface area contributed by atoms with Gasteiger partial charge in [-0.15, -0.1) is 0 Å². The van der Waals surface area contributed by atoms with Crippen LogP contribution in [0, 0.1) is 0 Å². The molecule has 0 aromatic rings. The van der Waals surface area contributed by atoms with Crippen LogP contribution in [0.3, 0.4) is 0 Å². The quantitative estimate of drug-likeness (QED) is 0.523. The number of hydrogen-bond donors (Lipinski definition) is 1. The van der Waals surface area contributed by atoms with Gasteiger partial charge in [0.25, 0.3) is 0 Å². The van der Waals surface area contributed by atoms with Gasteiger partial charge < -0.3 is 4.90 Å². The van der Waals surface area contributed by atoms with Crippen molar-refractivity contribution in [2.24, 2.45) is 0 Å². The average Bonchev–Trinajstić information content (AvgIpc) is 2.31. The minimum absolute atomic E-state index is 0.0526. The third kappa shape index (κ3) is 1.51. The number of rotatable bonds is 1. The second-order valence-corrected chi connectivity index (χ2v) is 3.06. The highest BCUT2D eigenvalue weighted by molar-refractivity contribution is 7.73. The van der Waals surface area contributed by atoms with E-state index in [1.54, 1.807) is 6.92 Å². The van der Waals surface area contributed by atoms with E-state index in [9.17, 15) is 13.2 Å². The Morgan fingerprint density at radius 3 is 2.55 bits per heavy atom. The lowest BCUT2D eigenvalue weighted by Gasteiger charge is -2.07. The van der Waals surface area contributed by atoms with Crippen LogP contribution in [0.4, 0.5) is 4.79 Å². The van der Waals surface area contributed by atoms with Crippen molar-refractivity contribution >= 4 is 21.3 Å². The fourth-order valence-corrected chi connectivity index (χ4v) is 1.26. The Bertz CT molecular complexity index is 298. The normalized spacial score (nSPS) is 17.0. The van der Waals surface area contributed by atoms with Crippen molar-refractivity contribution in [1.29, 1.82) is 0 Å². The van der Waals surface area contributed by atoms with Gasteiger partial charge in [-0.3, -0.25) is 5.32 Å². The van der Waals surface area contributed by atoms with Gasteiger partial charge in [-0.05, 0) is 6.92 Å². The molecule has 0 saturated carbocycles. The first kappa shape index (κ1) is 8.06. The Balaban J connectivity index is 2.88. The first-order valence-corrected chi connectivity index (χ1v) is 4.23. The minimum atomic E-state index is -2.29. The van der Waals surface area contributed by atoms with Gasteiger partial charge in [0.1, 0.15) is 0 Å². The van der Waals surface area contributed by atoms with Gasteiger partial charge in [-0.2, -0.15) is 8.42 Å². The summed E-state index contributed by atoms with van der Waals surface area (Å²) in [6, 6.07) is -0.341. The molecule has 0 radical (unpaired) electrons. The van der Waals surface area contributed by atoms with Gasteiger partial charge >= 0.3 is 6.03 Å². The fourth-order valence-electron chi connectivity index (χ4n) is 0.833. The number of carbonyl (C=O) groups excluding carboxylic acids is 1. The Hall–Kier alpha value is -1.04. The maximum atomic E-state index is 10.8. The molecule has 1 N–H and O–H groups in total. The first-order chi connectivity index (χ1) is 5.15. The van der Waals surface area contributed by atoms with Crippen LogP contribution in [0.15, 0.2) is 0 Å². The van der Waals surface area contributed by atoms with Gasteiger partial charge in [0.2, 0.25) is 10.3 Å². The Morgan fingerprint density at radius 1 is 1.64 bits per heavy atom. The number of urea groups is 1. The molecule has 0 atom stereocenters. The highest BCUT2D eigenvalue weighted by atomic mass is 32.2. The van der Waals surface area contributed by atoms with Crippen LogP contribution in [0.5, 0.6) is 0 Å². The number of likely N-dealkylation sites (N-methyl/N-ethyl adjacent to an activating group) is 1. The number of hydrogen-bond acceptors (Lipinski definition) is 3. The molecule has 2 amide bonds. The van der Waals surface area contributed by atoms with Crippen molar-refractivity contribution in [1.82, 2.24) is 10.2 Å². The van der Waals surface area contributed by atoms with E-state index in [4.69, 9.17) is 0 Å². The van der Waals surface area contributed by atoms with E-state index in [1.807, 2.05) is 0 Å². The number of amides is 2.